The van der Waals surface area contributed by atoms with Crippen LogP contribution >= 0.6 is 0 Å². The van der Waals surface area contributed by atoms with Gasteiger partial charge in [-0.25, -0.2) is 0 Å². The lowest BCUT2D eigenvalue weighted by atomic mass is 9.71. The number of hydrogen-bond donors (Lipinski definition) is 0. The summed E-state index contributed by atoms with van der Waals surface area (Å²) in [6.07, 6.45) is 2.90. The van der Waals surface area contributed by atoms with Crippen LogP contribution < -0.4 is 0 Å². The van der Waals surface area contributed by atoms with Gasteiger partial charge >= 0.3 is 0 Å². The summed E-state index contributed by atoms with van der Waals surface area (Å²) in [5.74, 6) is 7.54. The fourth-order valence-corrected chi connectivity index (χ4v) is 6.24. The average Bonchev–Trinajstić information content (AvgIpc) is 2.68. The molecule has 0 aromatic heterocycles. The minimum Gasteiger partial charge on any atom is -0.299 e. The zero-order valence-electron chi connectivity index (χ0n) is 6.94. The lowest BCUT2D eigenvalue weighted by molar-refractivity contribution is -0.122. The summed E-state index contributed by atoms with van der Waals surface area (Å²) in [4.78, 5) is 11.9. The molecular weight excluding hydrogens is 148 g/mol. The smallest absolute Gasteiger partial charge is 0.140 e. The van der Waals surface area contributed by atoms with Gasteiger partial charge in [0, 0.05) is 11.8 Å². The Balaban J connectivity index is 1.94. The number of rotatable bonds is 0. The van der Waals surface area contributed by atoms with Crippen LogP contribution in [-0.4, -0.2) is 5.78 Å². The molecular formula is C11H12O. The Morgan fingerprint density at radius 2 is 1.33 bits per heavy atom. The molecule has 0 aromatic rings. The van der Waals surface area contributed by atoms with E-state index in [1.54, 1.807) is 0 Å². The molecule has 6 fully saturated rings. The molecule has 0 N–H and O–H groups in total. The van der Waals surface area contributed by atoms with E-state index in [1.807, 2.05) is 0 Å². The van der Waals surface area contributed by atoms with Crippen LogP contribution in [0.2, 0.25) is 0 Å². The number of carbonyl (C=O) groups excluding carboxylic acids is 1. The van der Waals surface area contributed by atoms with Crippen LogP contribution in [0.5, 0.6) is 0 Å². The molecule has 0 spiro atoms. The number of Topliss-reactive ketones (excluding diaryl/α,β-unsaturated/α-hetero) is 1. The SMILES string of the molecule is O=C1[C@@H]2[C@H]3C[C@H]4[C@H]5C[C@@H]([C@@H]1[C@@H]53)[C@@H]42. The number of carbonyl (C=O) groups is 1. The third-order valence-corrected chi connectivity index (χ3v) is 6.03. The van der Waals surface area contributed by atoms with Crippen molar-refractivity contribution in [2.45, 2.75) is 12.8 Å². The van der Waals surface area contributed by atoms with Gasteiger partial charge < -0.3 is 0 Å². The quantitative estimate of drug-likeness (QED) is 0.522. The normalized spacial score (nSPS) is 79.2. The standard InChI is InChI=1S/C11H12O/c12-11-9-5-1-3-4-2-6(7(3)9)10(11)8(4)5/h3-10H,1-2H2/t3-,4+,5-,6+,7+,8-,9-,10-/m1/s1. The predicted octanol–water partition coefficient (Wildman–Crippen LogP) is 1.33. The monoisotopic (exact) mass is 160 g/mol. The van der Waals surface area contributed by atoms with Crippen molar-refractivity contribution in [1.29, 1.82) is 0 Å². The lowest BCUT2D eigenvalue weighted by Gasteiger charge is -2.32. The molecule has 0 saturated heterocycles. The summed E-state index contributed by atoms with van der Waals surface area (Å²) < 4.78 is 0. The van der Waals surface area contributed by atoms with Gasteiger partial charge in [-0.05, 0) is 48.3 Å². The van der Waals surface area contributed by atoms with Crippen molar-refractivity contribution < 1.29 is 4.79 Å². The second-order valence-electron chi connectivity index (χ2n) is 5.74. The first-order valence-electron chi connectivity index (χ1n) is 5.41. The highest BCUT2D eigenvalue weighted by Gasteiger charge is 2.80. The van der Waals surface area contributed by atoms with Crippen LogP contribution in [0.4, 0.5) is 0 Å². The molecule has 0 heterocycles. The highest BCUT2D eigenvalue weighted by atomic mass is 16.1. The average molecular weight is 160 g/mol. The van der Waals surface area contributed by atoms with Crippen molar-refractivity contribution in [3.05, 3.63) is 0 Å². The maximum atomic E-state index is 11.9. The second-order valence-corrected chi connectivity index (χ2v) is 5.74. The van der Waals surface area contributed by atoms with Crippen LogP contribution in [0.25, 0.3) is 0 Å². The van der Waals surface area contributed by atoms with E-state index in [1.165, 1.54) is 12.8 Å². The molecule has 6 aliphatic rings. The van der Waals surface area contributed by atoms with E-state index in [4.69, 9.17) is 0 Å². The lowest BCUT2D eigenvalue weighted by Crippen LogP contribution is -2.30. The van der Waals surface area contributed by atoms with Gasteiger partial charge in [-0.3, -0.25) is 4.79 Å². The fraction of sp³-hybridized carbons (Fsp3) is 0.909. The van der Waals surface area contributed by atoms with E-state index in [0.29, 0.717) is 17.6 Å². The maximum absolute atomic E-state index is 11.9. The predicted molar refractivity (Wildman–Crippen MR) is 42.2 cm³/mol. The van der Waals surface area contributed by atoms with Gasteiger partial charge in [0.25, 0.3) is 0 Å². The molecule has 0 radical (unpaired) electrons. The Kier molecular flexibility index (Phi) is 0.547. The van der Waals surface area contributed by atoms with Crippen molar-refractivity contribution in [3.63, 3.8) is 0 Å². The van der Waals surface area contributed by atoms with E-state index in [0.717, 1.165) is 35.5 Å². The van der Waals surface area contributed by atoms with Crippen LogP contribution in [0.15, 0.2) is 0 Å². The molecule has 1 nitrogen and oxygen atoms in total. The first kappa shape index (κ1) is 5.41. The molecule has 0 amide bonds. The number of hydrogen-bond acceptors (Lipinski definition) is 1. The van der Waals surface area contributed by atoms with Gasteiger partial charge in [-0.1, -0.05) is 0 Å². The van der Waals surface area contributed by atoms with Crippen LogP contribution in [0, 0.1) is 47.3 Å². The first-order chi connectivity index (χ1) is 5.88. The van der Waals surface area contributed by atoms with E-state index in [2.05, 4.69) is 0 Å². The minimum atomic E-state index is 0.591. The summed E-state index contributed by atoms with van der Waals surface area (Å²) in [6.45, 7) is 0. The Hall–Kier alpha value is -0.330. The molecule has 8 atom stereocenters. The van der Waals surface area contributed by atoms with Crippen molar-refractivity contribution in [2.75, 3.05) is 0 Å². The zero-order chi connectivity index (χ0) is 7.61. The van der Waals surface area contributed by atoms with E-state index in [-0.39, 0.29) is 0 Å². The van der Waals surface area contributed by atoms with Crippen molar-refractivity contribution in [1.82, 2.24) is 0 Å². The van der Waals surface area contributed by atoms with Gasteiger partial charge in [0.15, 0.2) is 0 Å². The molecule has 12 heavy (non-hydrogen) atoms. The Labute approximate surface area is 71.5 Å². The third-order valence-electron chi connectivity index (χ3n) is 6.03. The fourth-order valence-electron chi connectivity index (χ4n) is 6.24. The van der Waals surface area contributed by atoms with Crippen LogP contribution in [0.3, 0.4) is 0 Å². The second kappa shape index (κ2) is 1.21. The van der Waals surface area contributed by atoms with Gasteiger partial charge in [-0.2, -0.15) is 0 Å². The summed E-state index contributed by atoms with van der Waals surface area (Å²) in [6, 6.07) is 0. The number of ketones is 1. The van der Waals surface area contributed by atoms with E-state index >= 15 is 0 Å². The topological polar surface area (TPSA) is 17.1 Å². The van der Waals surface area contributed by atoms with Crippen LogP contribution in [-0.2, 0) is 4.79 Å². The Morgan fingerprint density at radius 1 is 0.833 bits per heavy atom. The minimum absolute atomic E-state index is 0.591. The molecule has 6 rings (SSSR count). The van der Waals surface area contributed by atoms with Crippen molar-refractivity contribution >= 4 is 5.78 Å². The highest BCUT2D eigenvalue weighted by Crippen LogP contribution is 2.81. The highest BCUT2D eigenvalue weighted by molar-refractivity contribution is 5.91. The molecule has 6 saturated carbocycles. The summed E-state index contributed by atoms with van der Waals surface area (Å²) in [7, 11) is 0. The van der Waals surface area contributed by atoms with Crippen molar-refractivity contribution in [3.8, 4) is 0 Å². The summed E-state index contributed by atoms with van der Waals surface area (Å²) >= 11 is 0. The molecule has 0 unspecified atom stereocenters. The third kappa shape index (κ3) is 0.272. The molecule has 1 heteroatoms. The molecule has 6 aliphatic carbocycles. The zero-order valence-corrected chi connectivity index (χ0v) is 6.94. The summed E-state index contributed by atoms with van der Waals surface area (Å²) in [5, 5.41) is 0. The van der Waals surface area contributed by atoms with Gasteiger partial charge in [0.05, 0.1) is 0 Å². The Morgan fingerprint density at radius 3 is 1.83 bits per heavy atom. The van der Waals surface area contributed by atoms with Crippen LogP contribution in [0.1, 0.15) is 12.8 Å². The van der Waals surface area contributed by atoms with E-state index < -0.39 is 0 Å². The van der Waals surface area contributed by atoms with Crippen molar-refractivity contribution in [2.24, 2.45) is 47.3 Å². The van der Waals surface area contributed by atoms with Gasteiger partial charge in [0.1, 0.15) is 5.78 Å². The summed E-state index contributed by atoms with van der Waals surface area (Å²) in [5.41, 5.74) is 0. The van der Waals surface area contributed by atoms with Gasteiger partial charge in [0.2, 0.25) is 0 Å². The molecule has 0 aromatic carbocycles. The van der Waals surface area contributed by atoms with E-state index in [9.17, 15) is 4.79 Å². The first-order valence-corrected chi connectivity index (χ1v) is 5.41. The maximum Gasteiger partial charge on any atom is 0.140 e. The molecule has 0 aliphatic heterocycles. The molecule has 62 valence electrons. The largest absolute Gasteiger partial charge is 0.299 e. The molecule has 6 bridgehead atoms. The van der Waals surface area contributed by atoms with Gasteiger partial charge in [-0.15, -0.1) is 0 Å². The Bertz CT molecular complexity index is 291.